The van der Waals surface area contributed by atoms with Gasteiger partial charge in [0, 0.05) is 11.6 Å². The Morgan fingerprint density at radius 3 is 3.03 bits per heavy atom. The summed E-state index contributed by atoms with van der Waals surface area (Å²) in [5, 5.41) is 18.3. The molecule has 9 nitrogen and oxygen atoms in total. The normalized spacial score (nSPS) is 21.7. The molecule has 3 heterocycles. The standard InChI is InChI=1S/C26H24ClN7O2/c27-20-4-1-5-22(10-20)34-15-21(30-31-34)14-32-16-26(36-25(32)35)8-2-3-19(11-26)13-33-17-29-23-7-6-18(12-28)9-24(23)33/h1,4-7,9-10,15,17,19H,2-3,8,11,13-14,16H2/t19-,26-/m0/s1. The van der Waals surface area contributed by atoms with Gasteiger partial charge in [0.05, 0.1) is 54.0 Å². The summed E-state index contributed by atoms with van der Waals surface area (Å²) < 4.78 is 9.77. The van der Waals surface area contributed by atoms with Crippen LogP contribution in [-0.4, -0.2) is 47.7 Å². The average Bonchev–Trinajstić information content (AvgIpc) is 3.57. The molecule has 6 rings (SSSR count). The molecule has 2 aliphatic rings. The lowest BCUT2D eigenvalue weighted by Crippen LogP contribution is -2.40. The predicted molar refractivity (Wildman–Crippen MR) is 132 cm³/mol. The fourth-order valence-corrected chi connectivity index (χ4v) is 5.70. The maximum absolute atomic E-state index is 12.8. The van der Waals surface area contributed by atoms with Gasteiger partial charge in [0.1, 0.15) is 11.3 Å². The highest BCUT2D eigenvalue weighted by molar-refractivity contribution is 6.30. The van der Waals surface area contributed by atoms with Crippen molar-refractivity contribution < 1.29 is 9.53 Å². The summed E-state index contributed by atoms with van der Waals surface area (Å²) in [6.07, 6.45) is 7.04. The molecule has 182 valence electrons. The lowest BCUT2D eigenvalue weighted by atomic mass is 9.78. The molecule has 1 aliphatic heterocycles. The molecule has 2 aromatic heterocycles. The molecule has 2 atom stereocenters. The molecule has 0 unspecified atom stereocenters. The molecule has 0 N–H and O–H groups in total. The maximum atomic E-state index is 12.8. The van der Waals surface area contributed by atoms with Gasteiger partial charge in [-0.3, -0.25) is 4.90 Å². The Kier molecular flexibility index (Phi) is 5.61. The van der Waals surface area contributed by atoms with E-state index in [-0.39, 0.29) is 6.09 Å². The van der Waals surface area contributed by atoms with E-state index >= 15 is 0 Å². The second kappa shape index (κ2) is 8.95. The fourth-order valence-electron chi connectivity index (χ4n) is 5.51. The van der Waals surface area contributed by atoms with Crippen molar-refractivity contribution in [3.05, 3.63) is 71.3 Å². The quantitative estimate of drug-likeness (QED) is 0.392. The molecule has 0 bridgehead atoms. The Labute approximate surface area is 212 Å². The molecule has 1 aliphatic carbocycles. The van der Waals surface area contributed by atoms with Crippen molar-refractivity contribution in [2.45, 2.75) is 44.4 Å². The van der Waals surface area contributed by atoms with E-state index in [0.717, 1.165) is 48.9 Å². The van der Waals surface area contributed by atoms with Gasteiger partial charge in [-0.1, -0.05) is 22.9 Å². The molecule has 4 aromatic rings. The smallest absolute Gasteiger partial charge is 0.410 e. The van der Waals surface area contributed by atoms with Crippen LogP contribution in [0.5, 0.6) is 0 Å². The number of nitrogens with zero attached hydrogens (tertiary/aromatic N) is 7. The SMILES string of the molecule is N#Cc1ccc2ncn(C[C@H]3CCC[C@]4(C3)CN(Cc3cn(-c5cccc(Cl)c5)nn3)C(=O)O4)c2c1. The van der Waals surface area contributed by atoms with Crippen LogP contribution in [0.2, 0.25) is 5.02 Å². The van der Waals surface area contributed by atoms with Crippen molar-refractivity contribution in [3.8, 4) is 11.8 Å². The molecule has 10 heteroatoms. The minimum Gasteiger partial charge on any atom is -0.441 e. The number of carbonyl (C=O) groups excluding carboxylic acids is 1. The monoisotopic (exact) mass is 501 g/mol. The van der Waals surface area contributed by atoms with Crippen molar-refractivity contribution in [1.29, 1.82) is 5.26 Å². The number of hydrogen-bond acceptors (Lipinski definition) is 6. The van der Waals surface area contributed by atoms with E-state index in [2.05, 4.69) is 25.9 Å². The number of rotatable bonds is 5. The number of fused-ring (bicyclic) bond motifs is 1. The summed E-state index contributed by atoms with van der Waals surface area (Å²) in [4.78, 5) is 19.0. The zero-order chi connectivity index (χ0) is 24.7. The molecular formula is C26H24ClN7O2. The highest BCUT2D eigenvalue weighted by Gasteiger charge is 2.48. The second-order valence-corrected chi connectivity index (χ2v) is 10.2. The summed E-state index contributed by atoms with van der Waals surface area (Å²) in [7, 11) is 0. The van der Waals surface area contributed by atoms with E-state index in [0.29, 0.717) is 35.3 Å². The van der Waals surface area contributed by atoms with Crippen LogP contribution in [0.15, 0.2) is 55.0 Å². The van der Waals surface area contributed by atoms with E-state index in [1.807, 2.05) is 42.9 Å². The van der Waals surface area contributed by atoms with Gasteiger partial charge in [-0.15, -0.1) is 5.10 Å². The third-order valence-corrected chi connectivity index (χ3v) is 7.35. The minimum absolute atomic E-state index is 0.306. The zero-order valence-electron chi connectivity index (χ0n) is 19.5. The Hall–Kier alpha value is -3.90. The van der Waals surface area contributed by atoms with Gasteiger partial charge in [0.15, 0.2) is 0 Å². The molecule has 1 saturated carbocycles. The number of aromatic nitrogens is 5. The summed E-state index contributed by atoms with van der Waals surface area (Å²) in [5.41, 5.74) is 3.47. The van der Waals surface area contributed by atoms with Crippen molar-refractivity contribution in [1.82, 2.24) is 29.4 Å². The van der Waals surface area contributed by atoms with Crippen LogP contribution in [0.1, 0.15) is 36.9 Å². The third kappa shape index (κ3) is 4.29. The lowest BCUT2D eigenvalue weighted by molar-refractivity contribution is 0.00415. The number of ether oxygens (including phenoxy) is 1. The highest BCUT2D eigenvalue weighted by Crippen LogP contribution is 2.41. The molecule has 2 aromatic carbocycles. The maximum Gasteiger partial charge on any atom is 0.410 e. The van der Waals surface area contributed by atoms with Gasteiger partial charge >= 0.3 is 6.09 Å². The van der Waals surface area contributed by atoms with E-state index in [4.69, 9.17) is 16.3 Å². The number of carbonyl (C=O) groups is 1. The average molecular weight is 502 g/mol. The van der Waals surface area contributed by atoms with Crippen LogP contribution in [-0.2, 0) is 17.8 Å². The number of nitriles is 1. The zero-order valence-corrected chi connectivity index (χ0v) is 20.3. The van der Waals surface area contributed by atoms with E-state index in [1.165, 1.54) is 0 Å². The van der Waals surface area contributed by atoms with Gasteiger partial charge in [0.25, 0.3) is 0 Å². The van der Waals surface area contributed by atoms with Crippen LogP contribution in [0.25, 0.3) is 16.7 Å². The van der Waals surface area contributed by atoms with E-state index in [1.54, 1.807) is 21.7 Å². The molecular weight excluding hydrogens is 478 g/mol. The molecule has 1 amide bonds. The van der Waals surface area contributed by atoms with Crippen LogP contribution in [0.4, 0.5) is 4.79 Å². The number of halogens is 1. The van der Waals surface area contributed by atoms with Crippen LogP contribution >= 0.6 is 11.6 Å². The summed E-state index contributed by atoms with van der Waals surface area (Å²) in [6.45, 7) is 1.66. The first-order valence-electron chi connectivity index (χ1n) is 12.0. The summed E-state index contributed by atoms with van der Waals surface area (Å²) in [5.74, 6) is 0.346. The molecule has 36 heavy (non-hydrogen) atoms. The summed E-state index contributed by atoms with van der Waals surface area (Å²) >= 11 is 6.09. The topological polar surface area (TPSA) is 102 Å². The molecule has 1 saturated heterocycles. The van der Waals surface area contributed by atoms with Crippen molar-refractivity contribution in [2.75, 3.05) is 6.54 Å². The van der Waals surface area contributed by atoms with Gasteiger partial charge in [-0.05, 0) is 68.0 Å². The Morgan fingerprint density at radius 2 is 2.17 bits per heavy atom. The number of benzene rings is 2. The molecule has 1 spiro atoms. The first-order valence-corrected chi connectivity index (χ1v) is 12.4. The van der Waals surface area contributed by atoms with Crippen LogP contribution in [0, 0.1) is 17.2 Å². The first-order chi connectivity index (χ1) is 17.5. The first kappa shape index (κ1) is 22.6. The third-order valence-electron chi connectivity index (χ3n) is 7.12. The van der Waals surface area contributed by atoms with Crippen LogP contribution in [0.3, 0.4) is 0 Å². The minimum atomic E-state index is -0.489. The lowest BCUT2D eigenvalue weighted by Gasteiger charge is -2.36. The largest absolute Gasteiger partial charge is 0.441 e. The fraction of sp³-hybridized carbons (Fsp3) is 0.346. The van der Waals surface area contributed by atoms with Gasteiger partial charge in [0.2, 0.25) is 0 Å². The van der Waals surface area contributed by atoms with Gasteiger partial charge in [-0.2, -0.15) is 5.26 Å². The van der Waals surface area contributed by atoms with Crippen LogP contribution < -0.4 is 0 Å². The van der Waals surface area contributed by atoms with Crippen molar-refractivity contribution >= 4 is 28.7 Å². The second-order valence-electron chi connectivity index (χ2n) is 9.72. The van der Waals surface area contributed by atoms with E-state index in [9.17, 15) is 10.1 Å². The highest BCUT2D eigenvalue weighted by atomic mass is 35.5. The Morgan fingerprint density at radius 1 is 1.25 bits per heavy atom. The predicted octanol–water partition coefficient (Wildman–Crippen LogP) is 4.72. The summed E-state index contributed by atoms with van der Waals surface area (Å²) in [6, 6.07) is 15.1. The van der Waals surface area contributed by atoms with Gasteiger partial charge in [-0.25, -0.2) is 14.5 Å². The molecule has 2 fully saturated rings. The Balaban J connectivity index is 1.14. The molecule has 0 radical (unpaired) electrons. The number of imidazole rings is 1. The van der Waals surface area contributed by atoms with Crippen molar-refractivity contribution in [3.63, 3.8) is 0 Å². The van der Waals surface area contributed by atoms with Crippen molar-refractivity contribution in [2.24, 2.45) is 5.92 Å². The Bertz CT molecular complexity index is 1490. The number of amides is 1. The van der Waals surface area contributed by atoms with Gasteiger partial charge < -0.3 is 9.30 Å². The van der Waals surface area contributed by atoms with E-state index < -0.39 is 5.60 Å². The number of hydrogen-bond donors (Lipinski definition) is 0.